The highest BCUT2D eigenvalue weighted by atomic mass is 32.1. The Kier molecular flexibility index (Phi) is 3.65. The van der Waals surface area contributed by atoms with E-state index in [0.717, 1.165) is 16.4 Å². The zero-order valence-corrected chi connectivity index (χ0v) is 12.2. The molecular weight excluding hydrogens is 284 g/mol. The zero-order valence-electron chi connectivity index (χ0n) is 11.4. The third-order valence-corrected chi connectivity index (χ3v) is 3.63. The Labute approximate surface area is 126 Å². The van der Waals surface area contributed by atoms with Crippen LogP contribution in [0.3, 0.4) is 0 Å². The van der Waals surface area contributed by atoms with Crippen LogP contribution in [0.5, 0.6) is 0 Å². The molecule has 3 aromatic rings. The first-order valence-corrected chi connectivity index (χ1v) is 7.21. The fourth-order valence-electron chi connectivity index (χ4n) is 1.82. The molecule has 2 heterocycles. The van der Waals surface area contributed by atoms with E-state index in [0.29, 0.717) is 17.3 Å². The predicted molar refractivity (Wildman–Crippen MR) is 86.3 cm³/mol. The highest BCUT2D eigenvalue weighted by Gasteiger charge is 2.10. The smallest absolute Gasteiger partial charge is 0.188 e. The minimum absolute atomic E-state index is 0.455. The molecular formula is C14H14N6S. The van der Waals surface area contributed by atoms with Gasteiger partial charge in [-0.1, -0.05) is 18.2 Å². The number of aromatic nitrogens is 3. The number of nitrogen functional groups attached to an aromatic ring is 1. The molecule has 2 aromatic heterocycles. The first-order chi connectivity index (χ1) is 10.2. The van der Waals surface area contributed by atoms with Crippen LogP contribution in [0.1, 0.15) is 5.56 Å². The Morgan fingerprint density at radius 3 is 2.52 bits per heavy atom. The quantitative estimate of drug-likeness (QED) is 0.685. The minimum Gasteiger partial charge on any atom is -0.393 e. The SMILES string of the molecule is Cc1ccccc1Nc1ncnc(Nc2nccs2)c1N. The van der Waals surface area contributed by atoms with E-state index < -0.39 is 0 Å². The number of thiazole rings is 1. The molecule has 0 fully saturated rings. The molecule has 0 saturated heterocycles. The van der Waals surface area contributed by atoms with Gasteiger partial charge in [0.05, 0.1) is 0 Å². The van der Waals surface area contributed by atoms with Gasteiger partial charge in [-0.3, -0.25) is 0 Å². The second kappa shape index (κ2) is 5.76. The lowest BCUT2D eigenvalue weighted by atomic mass is 10.2. The van der Waals surface area contributed by atoms with Crippen molar-refractivity contribution in [3.05, 3.63) is 47.7 Å². The van der Waals surface area contributed by atoms with E-state index >= 15 is 0 Å². The van der Waals surface area contributed by atoms with Gasteiger partial charge >= 0.3 is 0 Å². The van der Waals surface area contributed by atoms with Gasteiger partial charge in [0.1, 0.15) is 12.0 Å². The number of anilines is 5. The molecule has 6 nitrogen and oxygen atoms in total. The molecule has 3 rings (SSSR count). The monoisotopic (exact) mass is 298 g/mol. The molecule has 106 valence electrons. The predicted octanol–water partition coefficient (Wildman–Crippen LogP) is 3.31. The van der Waals surface area contributed by atoms with E-state index in [1.807, 2.05) is 36.6 Å². The standard InChI is InChI=1S/C14H14N6S/c1-9-4-2-3-5-10(9)19-12-11(15)13(18-8-17-12)20-14-16-6-7-21-14/h2-8H,15H2,1H3,(H2,16,17,18,19,20). The highest BCUT2D eigenvalue weighted by Crippen LogP contribution is 2.29. The van der Waals surface area contributed by atoms with Crippen molar-refractivity contribution in [2.75, 3.05) is 16.4 Å². The summed E-state index contributed by atoms with van der Waals surface area (Å²) in [4.78, 5) is 12.5. The maximum absolute atomic E-state index is 6.12. The van der Waals surface area contributed by atoms with Crippen LogP contribution in [-0.2, 0) is 0 Å². The normalized spacial score (nSPS) is 10.3. The van der Waals surface area contributed by atoms with Crippen LogP contribution in [0.2, 0.25) is 0 Å². The lowest BCUT2D eigenvalue weighted by Gasteiger charge is -2.12. The summed E-state index contributed by atoms with van der Waals surface area (Å²) >= 11 is 1.48. The third-order valence-electron chi connectivity index (χ3n) is 2.94. The Morgan fingerprint density at radius 2 is 1.81 bits per heavy atom. The second-order valence-corrected chi connectivity index (χ2v) is 5.28. The lowest BCUT2D eigenvalue weighted by Crippen LogP contribution is -2.05. The van der Waals surface area contributed by atoms with E-state index in [-0.39, 0.29) is 0 Å². The van der Waals surface area contributed by atoms with E-state index in [4.69, 9.17) is 5.73 Å². The van der Waals surface area contributed by atoms with Crippen LogP contribution >= 0.6 is 11.3 Å². The molecule has 0 aliphatic heterocycles. The summed E-state index contributed by atoms with van der Waals surface area (Å²) in [6.07, 6.45) is 3.18. The summed E-state index contributed by atoms with van der Waals surface area (Å²) in [6, 6.07) is 7.94. The Bertz CT molecular complexity index is 741. The number of para-hydroxylation sites is 1. The van der Waals surface area contributed by atoms with Gasteiger partial charge < -0.3 is 16.4 Å². The van der Waals surface area contributed by atoms with E-state index in [1.54, 1.807) is 6.20 Å². The van der Waals surface area contributed by atoms with Crippen LogP contribution in [0.15, 0.2) is 42.2 Å². The van der Waals surface area contributed by atoms with Crippen LogP contribution < -0.4 is 16.4 Å². The summed E-state index contributed by atoms with van der Waals surface area (Å²) in [5, 5.41) is 8.93. The van der Waals surface area contributed by atoms with Gasteiger partial charge in [-0.2, -0.15) is 0 Å². The van der Waals surface area contributed by atoms with Crippen LogP contribution in [0.25, 0.3) is 0 Å². The largest absolute Gasteiger partial charge is 0.393 e. The van der Waals surface area contributed by atoms with Crippen molar-refractivity contribution in [3.8, 4) is 0 Å². The molecule has 0 atom stereocenters. The van der Waals surface area contributed by atoms with Crippen molar-refractivity contribution in [1.82, 2.24) is 15.0 Å². The van der Waals surface area contributed by atoms with Crippen molar-refractivity contribution in [1.29, 1.82) is 0 Å². The second-order valence-electron chi connectivity index (χ2n) is 4.39. The number of benzene rings is 1. The highest BCUT2D eigenvalue weighted by molar-refractivity contribution is 7.13. The Hall–Kier alpha value is -2.67. The van der Waals surface area contributed by atoms with Crippen molar-refractivity contribution < 1.29 is 0 Å². The number of nitrogens with two attached hydrogens (primary N) is 1. The molecule has 1 aromatic carbocycles. The van der Waals surface area contributed by atoms with Gasteiger partial charge in [-0.25, -0.2) is 15.0 Å². The van der Waals surface area contributed by atoms with Gasteiger partial charge in [0.2, 0.25) is 0 Å². The average molecular weight is 298 g/mol. The molecule has 0 saturated carbocycles. The first-order valence-electron chi connectivity index (χ1n) is 6.33. The minimum atomic E-state index is 0.455. The van der Waals surface area contributed by atoms with Gasteiger partial charge in [-0.05, 0) is 18.6 Å². The van der Waals surface area contributed by atoms with Gasteiger partial charge in [0.25, 0.3) is 0 Å². The summed E-state index contributed by atoms with van der Waals surface area (Å²) in [5.41, 5.74) is 8.66. The average Bonchev–Trinajstić information content (AvgIpc) is 2.98. The molecule has 0 spiro atoms. The number of rotatable bonds is 4. The molecule has 0 amide bonds. The molecule has 7 heteroatoms. The zero-order chi connectivity index (χ0) is 14.7. The maximum Gasteiger partial charge on any atom is 0.188 e. The summed E-state index contributed by atoms with van der Waals surface area (Å²) < 4.78 is 0. The summed E-state index contributed by atoms with van der Waals surface area (Å²) in [6.45, 7) is 2.02. The van der Waals surface area contributed by atoms with Gasteiger partial charge in [-0.15, -0.1) is 11.3 Å². The first kappa shape index (κ1) is 13.3. The third kappa shape index (κ3) is 2.92. The molecule has 0 radical (unpaired) electrons. The molecule has 0 aliphatic carbocycles. The van der Waals surface area contributed by atoms with Crippen LogP contribution in [0.4, 0.5) is 28.1 Å². The van der Waals surface area contributed by atoms with Crippen LogP contribution in [0, 0.1) is 6.92 Å². The van der Waals surface area contributed by atoms with Crippen molar-refractivity contribution in [3.63, 3.8) is 0 Å². The molecule has 0 aliphatic rings. The topological polar surface area (TPSA) is 88.8 Å². The number of hydrogen-bond acceptors (Lipinski definition) is 7. The number of nitrogens with zero attached hydrogens (tertiary/aromatic N) is 3. The van der Waals surface area contributed by atoms with E-state index in [9.17, 15) is 0 Å². The van der Waals surface area contributed by atoms with E-state index in [1.165, 1.54) is 17.7 Å². The number of nitrogens with one attached hydrogen (secondary N) is 2. The number of hydrogen-bond donors (Lipinski definition) is 3. The number of aryl methyl sites for hydroxylation is 1. The van der Waals surface area contributed by atoms with Crippen molar-refractivity contribution >= 4 is 39.5 Å². The lowest BCUT2D eigenvalue weighted by molar-refractivity contribution is 1.17. The summed E-state index contributed by atoms with van der Waals surface area (Å²) in [7, 11) is 0. The Morgan fingerprint density at radius 1 is 1.05 bits per heavy atom. The fraction of sp³-hybridized carbons (Fsp3) is 0.0714. The molecule has 0 unspecified atom stereocenters. The van der Waals surface area contributed by atoms with Gasteiger partial charge in [0, 0.05) is 17.3 Å². The summed E-state index contributed by atoms with van der Waals surface area (Å²) in [5.74, 6) is 1.11. The molecule has 4 N–H and O–H groups in total. The van der Waals surface area contributed by atoms with Crippen molar-refractivity contribution in [2.45, 2.75) is 6.92 Å². The molecule has 21 heavy (non-hydrogen) atoms. The van der Waals surface area contributed by atoms with Crippen molar-refractivity contribution in [2.24, 2.45) is 0 Å². The van der Waals surface area contributed by atoms with Gasteiger partial charge in [0.15, 0.2) is 16.8 Å². The van der Waals surface area contributed by atoms with E-state index in [2.05, 4.69) is 25.6 Å². The Balaban J connectivity index is 1.88. The maximum atomic E-state index is 6.12. The van der Waals surface area contributed by atoms with Crippen LogP contribution in [-0.4, -0.2) is 15.0 Å². The fourth-order valence-corrected chi connectivity index (χ4v) is 2.35. The molecule has 0 bridgehead atoms.